The third kappa shape index (κ3) is 2.95. The van der Waals surface area contributed by atoms with Crippen molar-refractivity contribution < 1.29 is 4.79 Å². The number of anilines is 1. The monoisotopic (exact) mass is 279 g/mol. The third-order valence-electron chi connectivity index (χ3n) is 3.98. The number of aromatic nitrogens is 2. The third-order valence-corrected chi connectivity index (χ3v) is 3.98. The molecule has 1 amide bonds. The Kier molecular flexibility index (Phi) is 4.65. The minimum absolute atomic E-state index is 0.104. The predicted octanol–water partition coefficient (Wildman–Crippen LogP) is 1.01. The maximum Gasteiger partial charge on any atom is 0.271 e. The Morgan fingerprint density at radius 1 is 1.45 bits per heavy atom. The number of rotatable bonds is 4. The molecule has 1 aromatic heterocycles. The molecule has 1 fully saturated rings. The largest absolute Gasteiger partial charge is 0.395 e. The fraction of sp³-hybridized carbons (Fsp3) is 0.714. The van der Waals surface area contributed by atoms with Crippen molar-refractivity contribution in [2.45, 2.75) is 46.2 Å². The highest BCUT2D eigenvalue weighted by Gasteiger charge is 2.24. The van der Waals surface area contributed by atoms with Crippen LogP contribution in [0.5, 0.6) is 0 Å². The Morgan fingerprint density at radius 2 is 2.20 bits per heavy atom. The number of likely N-dealkylation sites (N-methyl/N-ethyl adjacent to an activating group) is 1. The maximum absolute atomic E-state index is 12.5. The van der Waals surface area contributed by atoms with E-state index in [1.807, 2.05) is 13.8 Å². The SMILES string of the molecule is CCN1CCCC(NC(=O)c2c(N)c(C)nn2CC)C1. The van der Waals surface area contributed by atoms with Gasteiger partial charge in [-0.05, 0) is 39.8 Å². The summed E-state index contributed by atoms with van der Waals surface area (Å²) in [6, 6.07) is 0.205. The topological polar surface area (TPSA) is 76.2 Å². The van der Waals surface area contributed by atoms with E-state index in [0.717, 1.165) is 38.2 Å². The average molecular weight is 279 g/mol. The van der Waals surface area contributed by atoms with Crippen molar-refractivity contribution in [3.05, 3.63) is 11.4 Å². The van der Waals surface area contributed by atoms with E-state index in [1.54, 1.807) is 4.68 Å². The lowest BCUT2D eigenvalue weighted by Gasteiger charge is -2.32. The summed E-state index contributed by atoms with van der Waals surface area (Å²) in [5, 5.41) is 7.40. The summed E-state index contributed by atoms with van der Waals surface area (Å²) < 4.78 is 1.68. The zero-order valence-corrected chi connectivity index (χ0v) is 12.6. The molecule has 1 unspecified atom stereocenters. The molecule has 0 aliphatic carbocycles. The van der Waals surface area contributed by atoms with E-state index in [9.17, 15) is 4.79 Å². The minimum atomic E-state index is -0.104. The summed E-state index contributed by atoms with van der Waals surface area (Å²) >= 11 is 0. The van der Waals surface area contributed by atoms with E-state index in [2.05, 4.69) is 22.2 Å². The molecule has 2 heterocycles. The van der Waals surface area contributed by atoms with Crippen molar-refractivity contribution in [1.29, 1.82) is 0 Å². The van der Waals surface area contributed by atoms with Crippen LogP contribution in [0.25, 0.3) is 0 Å². The molecule has 112 valence electrons. The van der Waals surface area contributed by atoms with Crippen LogP contribution in [0.3, 0.4) is 0 Å². The lowest BCUT2D eigenvalue weighted by Crippen LogP contribution is -2.48. The van der Waals surface area contributed by atoms with Crippen molar-refractivity contribution in [1.82, 2.24) is 20.0 Å². The zero-order chi connectivity index (χ0) is 14.7. The summed E-state index contributed by atoms with van der Waals surface area (Å²) in [5.41, 5.74) is 7.69. The number of aryl methyl sites for hydroxylation is 2. The van der Waals surface area contributed by atoms with E-state index < -0.39 is 0 Å². The molecular weight excluding hydrogens is 254 g/mol. The Labute approximate surface area is 120 Å². The second-order valence-corrected chi connectivity index (χ2v) is 5.37. The molecule has 0 saturated carbocycles. The van der Waals surface area contributed by atoms with Crippen molar-refractivity contribution in [2.24, 2.45) is 0 Å². The number of nitrogen functional groups attached to an aromatic ring is 1. The number of nitrogens with zero attached hydrogens (tertiary/aromatic N) is 3. The molecule has 0 bridgehead atoms. The number of piperidine rings is 1. The Balaban J connectivity index is 2.08. The molecule has 6 nitrogen and oxygen atoms in total. The number of likely N-dealkylation sites (tertiary alicyclic amines) is 1. The number of carbonyl (C=O) groups is 1. The van der Waals surface area contributed by atoms with Crippen molar-refractivity contribution in [3.63, 3.8) is 0 Å². The van der Waals surface area contributed by atoms with Crippen molar-refractivity contribution >= 4 is 11.6 Å². The van der Waals surface area contributed by atoms with Gasteiger partial charge in [-0.15, -0.1) is 0 Å². The van der Waals surface area contributed by atoms with Crippen molar-refractivity contribution in [3.8, 4) is 0 Å². The number of nitrogens with two attached hydrogens (primary N) is 1. The molecule has 2 rings (SSSR count). The molecule has 1 aromatic rings. The Bertz CT molecular complexity index is 482. The summed E-state index contributed by atoms with van der Waals surface area (Å²) in [6.07, 6.45) is 2.15. The molecule has 20 heavy (non-hydrogen) atoms. The highest BCUT2D eigenvalue weighted by Crippen LogP contribution is 2.17. The lowest BCUT2D eigenvalue weighted by molar-refractivity contribution is 0.0896. The molecule has 1 aliphatic heterocycles. The highest BCUT2D eigenvalue weighted by molar-refractivity contribution is 5.98. The summed E-state index contributed by atoms with van der Waals surface area (Å²) in [5.74, 6) is -0.104. The van der Waals surface area contributed by atoms with E-state index in [4.69, 9.17) is 5.73 Å². The number of nitrogens with one attached hydrogen (secondary N) is 1. The first-order valence-electron chi connectivity index (χ1n) is 7.42. The smallest absolute Gasteiger partial charge is 0.271 e. The van der Waals surface area contributed by atoms with Crippen LogP contribution in [0.2, 0.25) is 0 Å². The van der Waals surface area contributed by atoms with E-state index in [-0.39, 0.29) is 11.9 Å². The highest BCUT2D eigenvalue weighted by atomic mass is 16.2. The number of carbonyl (C=O) groups excluding carboxylic acids is 1. The van der Waals surface area contributed by atoms with Gasteiger partial charge in [-0.25, -0.2) is 0 Å². The quantitative estimate of drug-likeness (QED) is 0.862. The first-order valence-corrected chi connectivity index (χ1v) is 7.42. The van der Waals surface area contributed by atoms with Gasteiger partial charge in [0.15, 0.2) is 0 Å². The molecular formula is C14H25N5O. The van der Waals surface area contributed by atoms with Gasteiger partial charge < -0.3 is 16.0 Å². The van der Waals surface area contributed by atoms with Crippen LogP contribution in [-0.4, -0.2) is 46.3 Å². The number of hydrogen-bond donors (Lipinski definition) is 2. The molecule has 3 N–H and O–H groups in total. The summed E-state index contributed by atoms with van der Waals surface area (Å²) in [7, 11) is 0. The molecule has 1 aliphatic rings. The molecule has 0 aromatic carbocycles. The lowest BCUT2D eigenvalue weighted by atomic mass is 10.1. The van der Waals surface area contributed by atoms with Crippen LogP contribution in [0.15, 0.2) is 0 Å². The molecule has 1 saturated heterocycles. The summed E-state index contributed by atoms with van der Waals surface area (Å²) in [6.45, 7) is 9.66. The Hall–Kier alpha value is -1.56. The number of hydrogen-bond acceptors (Lipinski definition) is 4. The fourth-order valence-electron chi connectivity index (χ4n) is 2.78. The second-order valence-electron chi connectivity index (χ2n) is 5.37. The Morgan fingerprint density at radius 3 is 2.85 bits per heavy atom. The van der Waals surface area contributed by atoms with Gasteiger partial charge >= 0.3 is 0 Å². The van der Waals surface area contributed by atoms with E-state index >= 15 is 0 Å². The van der Waals surface area contributed by atoms with Gasteiger partial charge in [-0.2, -0.15) is 5.10 Å². The van der Waals surface area contributed by atoms with Gasteiger partial charge in [0.05, 0.1) is 11.4 Å². The van der Waals surface area contributed by atoms with E-state index in [0.29, 0.717) is 17.9 Å². The first-order chi connectivity index (χ1) is 9.56. The first kappa shape index (κ1) is 14.8. The molecule has 6 heteroatoms. The normalized spacial score (nSPS) is 20.1. The van der Waals surface area contributed by atoms with Gasteiger partial charge in [-0.3, -0.25) is 9.48 Å². The fourth-order valence-corrected chi connectivity index (χ4v) is 2.78. The molecule has 1 atom stereocenters. The predicted molar refractivity (Wildman–Crippen MR) is 79.7 cm³/mol. The van der Waals surface area contributed by atoms with Crippen LogP contribution < -0.4 is 11.1 Å². The van der Waals surface area contributed by atoms with Gasteiger partial charge in [-0.1, -0.05) is 6.92 Å². The van der Waals surface area contributed by atoms with Crippen LogP contribution in [0.4, 0.5) is 5.69 Å². The minimum Gasteiger partial charge on any atom is -0.395 e. The maximum atomic E-state index is 12.5. The zero-order valence-electron chi connectivity index (χ0n) is 12.6. The average Bonchev–Trinajstić information content (AvgIpc) is 2.74. The summed E-state index contributed by atoms with van der Waals surface area (Å²) in [4.78, 5) is 14.8. The van der Waals surface area contributed by atoms with Gasteiger partial charge in [0.25, 0.3) is 5.91 Å². The van der Waals surface area contributed by atoms with Crippen LogP contribution in [0, 0.1) is 6.92 Å². The van der Waals surface area contributed by atoms with Gasteiger partial charge in [0.1, 0.15) is 5.69 Å². The number of amides is 1. The van der Waals surface area contributed by atoms with Crippen LogP contribution in [0.1, 0.15) is 42.9 Å². The van der Waals surface area contributed by atoms with Crippen LogP contribution >= 0.6 is 0 Å². The van der Waals surface area contributed by atoms with E-state index in [1.165, 1.54) is 0 Å². The van der Waals surface area contributed by atoms with Gasteiger partial charge in [0, 0.05) is 19.1 Å². The molecule has 0 spiro atoms. The standard InChI is InChI=1S/C14H25N5O/c1-4-18-8-6-7-11(9-18)16-14(20)13-12(15)10(3)17-19(13)5-2/h11H,4-9,15H2,1-3H3,(H,16,20). The van der Waals surface area contributed by atoms with Crippen LogP contribution in [-0.2, 0) is 6.54 Å². The van der Waals surface area contributed by atoms with Crippen molar-refractivity contribution in [2.75, 3.05) is 25.4 Å². The van der Waals surface area contributed by atoms with Gasteiger partial charge in [0.2, 0.25) is 0 Å². The molecule has 0 radical (unpaired) electrons. The second kappa shape index (κ2) is 6.26.